The van der Waals surface area contributed by atoms with Crippen LogP contribution in [0, 0.1) is 0 Å². The molecule has 0 radical (unpaired) electrons. The summed E-state index contributed by atoms with van der Waals surface area (Å²) >= 11 is 0. The van der Waals surface area contributed by atoms with Crippen molar-refractivity contribution < 1.29 is 22.2 Å². The molecule has 0 saturated heterocycles. The van der Waals surface area contributed by atoms with E-state index in [1.54, 1.807) is 0 Å². The Morgan fingerprint density at radius 2 is 1.64 bits per heavy atom. The SMILES string of the molecule is C=CC(=O)NCCC[N+](C)(C)CCCCCCCS(=O)(=O)[O-]. The molecule has 0 fully saturated rings. The van der Waals surface area contributed by atoms with Gasteiger partial charge in [-0.25, -0.2) is 8.42 Å². The van der Waals surface area contributed by atoms with Crippen molar-refractivity contribution in [2.24, 2.45) is 0 Å². The van der Waals surface area contributed by atoms with Crippen molar-refractivity contribution in [1.29, 1.82) is 0 Å². The molecule has 130 valence electrons. The zero-order valence-corrected chi connectivity index (χ0v) is 14.7. The number of hydrogen-bond donors (Lipinski definition) is 1. The van der Waals surface area contributed by atoms with Gasteiger partial charge in [0.15, 0.2) is 0 Å². The number of unbranched alkanes of at least 4 members (excludes halogenated alkanes) is 4. The van der Waals surface area contributed by atoms with Crippen molar-refractivity contribution in [1.82, 2.24) is 5.32 Å². The molecule has 1 N–H and O–H groups in total. The van der Waals surface area contributed by atoms with E-state index in [4.69, 9.17) is 0 Å². The number of carbonyl (C=O) groups is 1. The van der Waals surface area contributed by atoms with Crippen LogP contribution < -0.4 is 5.32 Å². The van der Waals surface area contributed by atoms with Crippen LogP contribution in [0.25, 0.3) is 0 Å². The minimum Gasteiger partial charge on any atom is -0.748 e. The summed E-state index contributed by atoms with van der Waals surface area (Å²) < 4.78 is 32.2. The van der Waals surface area contributed by atoms with Crippen LogP contribution in [-0.2, 0) is 14.9 Å². The molecule has 0 bridgehead atoms. The Morgan fingerprint density at radius 1 is 1.09 bits per heavy atom. The van der Waals surface area contributed by atoms with Crippen molar-refractivity contribution in [3.63, 3.8) is 0 Å². The molecule has 0 spiro atoms. The molecule has 0 aromatic heterocycles. The number of quaternary nitrogens is 1. The second-order valence-corrected chi connectivity index (χ2v) is 7.78. The highest BCUT2D eigenvalue weighted by atomic mass is 32.2. The van der Waals surface area contributed by atoms with Crippen molar-refractivity contribution in [2.45, 2.75) is 38.5 Å². The average molecular weight is 334 g/mol. The van der Waals surface area contributed by atoms with Gasteiger partial charge < -0.3 is 14.4 Å². The van der Waals surface area contributed by atoms with Gasteiger partial charge in [-0.15, -0.1) is 0 Å². The quantitative estimate of drug-likeness (QED) is 0.238. The highest BCUT2D eigenvalue weighted by Crippen LogP contribution is 2.08. The van der Waals surface area contributed by atoms with Crippen LogP contribution in [0.2, 0.25) is 0 Å². The predicted molar refractivity (Wildman–Crippen MR) is 87.3 cm³/mol. The third-order valence-electron chi connectivity index (χ3n) is 3.58. The van der Waals surface area contributed by atoms with Gasteiger partial charge in [-0.3, -0.25) is 4.79 Å². The van der Waals surface area contributed by atoms with Crippen LogP contribution in [0.15, 0.2) is 12.7 Å². The second-order valence-electron chi connectivity index (χ2n) is 6.26. The van der Waals surface area contributed by atoms with Crippen LogP contribution >= 0.6 is 0 Å². The van der Waals surface area contributed by atoms with E-state index >= 15 is 0 Å². The highest BCUT2D eigenvalue weighted by Gasteiger charge is 2.13. The molecule has 0 unspecified atom stereocenters. The molecule has 6 nitrogen and oxygen atoms in total. The number of amides is 1. The maximum absolute atomic E-state index is 11.0. The number of nitrogens with one attached hydrogen (secondary N) is 1. The van der Waals surface area contributed by atoms with E-state index in [9.17, 15) is 17.8 Å². The lowest BCUT2D eigenvalue weighted by atomic mass is 10.1. The Bertz CT molecular complexity index is 433. The largest absolute Gasteiger partial charge is 0.748 e. The zero-order chi connectivity index (χ0) is 17.1. The smallest absolute Gasteiger partial charge is 0.243 e. The standard InChI is InChI=1S/C15H30N2O4S/c1-4-15(18)16-11-10-13-17(2,3)12-8-6-5-7-9-14-22(19,20)21/h4H,1,5-14H2,2-3H3,(H-,16,18,19,20,21). The third kappa shape index (κ3) is 14.0. The first-order valence-electron chi connectivity index (χ1n) is 7.82. The van der Waals surface area contributed by atoms with Crippen LogP contribution in [0.5, 0.6) is 0 Å². The molecular formula is C15H30N2O4S. The van der Waals surface area contributed by atoms with Crippen LogP contribution in [-0.4, -0.2) is 62.8 Å². The lowest BCUT2D eigenvalue weighted by Gasteiger charge is -2.30. The number of nitrogens with zero attached hydrogens (tertiary/aromatic N) is 1. The molecule has 0 aliphatic carbocycles. The fourth-order valence-electron chi connectivity index (χ4n) is 2.25. The summed E-state index contributed by atoms with van der Waals surface area (Å²) in [6.45, 7) is 6.11. The van der Waals surface area contributed by atoms with Gasteiger partial charge in [0.1, 0.15) is 0 Å². The molecule has 0 atom stereocenters. The van der Waals surface area contributed by atoms with E-state index in [0.29, 0.717) is 13.0 Å². The third-order valence-corrected chi connectivity index (χ3v) is 4.37. The van der Waals surface area contributed by atoms with Gasteiger partial charge in [-0.1, -0.05) is 19.4 Å². The maximum atomic E-state index is 11.0. The Hall–Kier alpha value is -0.920. The molecule has 1 amide bonds. The summed E-state index contributed by atoms with van der Waals surface area (Å²) in [5.74, 6) is -0.379. The lowest BCUT2D eigenvalue weighted by molar-refractivity contribution is -0.890. The minimum absolute atomic E-state index is 0.134. The van der Waals surface area contributed by atoms with E-state index in [2.05, 4.69) is 26.0 Å². The summed E-state index contributed by atoms with van der Waals surface area (Å²) in [4.78, 5) is 11.0. The number of carbonyl (C=O) groups excluding carboxylic acids is 1. The highest BCUT2D eigenvalue weighted by molar-refractivity contribution is 7.85. The average Bonchev–Trinajstić information content (AvgIpc) is 2.41. The normalized spacial score (nSPS) is 12.1. The van der Waals surface area contributed by atoms with E-state index in [1.165, 1.54) is 6.08 Å². The first-order chi connectivity index (χ1) is 10.2. The van der Waals surface area contributed by atoms with Crippen molar-refractivity contribution >= 4 is 16.0 Å². The first-order valence-corrected chi connectivity index (χ1v) is 9.40. The van der Waals surface area contributed by atoms with E-state index in [0.717, 1.165) is 49.7 Å². The molecule has 0 saturated carbocycles. The zero-order valence-electron chi connectivity index (χ0n) is 13.8. The second kappa shape index (κ2) is 10.7. The molecule has 0 rings (SSSR count). The van der Waals surface area contributed by atoms with Crippen LogP contribution in [0.1, 0.15) is 38.5 Å². The Balaban J connectivity index is 3.59. The fraction of sp³-hybridized carbons (Fsp3) is 0.800. The van der Waals surface area contributed by atoms with Crippen molar-refractivity contribution in [3.8, 4) is 0 Å². The molecule has 0 aromatic rings. The Morgan fingerprint density at radius 3 is 2.23 bits per heavy atom. The van der Waals surface area contributed by atoms with Crippen LogP contribution in [0.4, 0.5) is 0 Å². The van der Waals surface area contributed by atoms with Crippen molar-refractivity contribution in [2.75, 3.05) is 39.5 Å². The van der Waals surface area contributed by atoms with Gasteiger partial charge >= 0.3 is 0 Å². The number of rotatable bonds is 13. The van der Waals surface area contributed by atoms with Crippen LogP contribution in [0.3, 0.4) is 0 Å². The summed E-state index contributed by atoms with van der Waals surface area (Å²) in [5, 5.41) is 2.77. The molecular weight excluding hydrogens is 304 g/mol. The van der Waals surface area contributed by atoms with E-state index in [-0.39, 0.29) is 11.7 Å². The van der Waals surface area contributed by atoms with E-state index < -0.39 is 10.1 Å². The van der Waals surface area contributed by atoms with Crippen molar-refractivity contribution in [3.05, 3.63) is 12.7 Å². The van der Waals surface area contributed by atoms with Gasteiger partial charge in [0.05, 0.1) is 37.3 Å². The molecule has 22 heavy (non-hydrogen) atoms. The maximum Gasteiger partial charge on any atom is 0.243 e. The van der Waals surface area contributed by atoms with Gasteiger partial charge in [-0.2, -0.15) is 0 Å². The monoisotopic (exact) mass is 334 g/mol. The van der Waals surface area contributed by atoms with Gasteiger partial charge in [0.25, 0.3) is 0 Å². The molecule has 7 heteroatoms. The lowest BCUT2D eigenvalue weighted by Crippen LogP contribution is -2.42. The van der Waals surface area contributed by atoms with Gasteiger partial charge in [0, 0.05) is 18.7 Å². The first kappa shape index (κ1) is 21.1. The summed E-state index contributed by atoms with van der Waals surface area (Å²) in [6, 6.07) is 0. The summed E-state index contributed by atoms with van der Waals surface area (Å²) in [6.07, 6.45) is 6.55. The predicted octanol–water partition coefficient (Wildman–Crippen LogP) is 1.25. The summed E-state index contributed by atoms with van der Waals surface area (Å²) in [7, 11) is 0.282. The molecule has 0 aromatic carbocycles. The molecule has 0 aliphatic rings. The van der Waals surface area contributed by atoms with E-state index in [1.807, 2.05) is 0 Å². The van der Waals surface area contributed by atoms with Gasteiger partial charge in [0.2, 0.25) is 5.91 Å². The Kier molecular flexibility index (Phi) is 10.3. The minimum atomic E-state index is -4.05. The number of hydrogen-bond acceptors (Lipinski definition) is 4. The summed E-state index contributed by atoms with van der Waals surface area (Å²) in [5.41, 5.74) is 0. The molecule has 0 heterocycles. The fourth-order valence-corrected chi connectivity index (χ4v) is 2.81. The topological polar surface area (TPSA) is 86.3 Å². The Labute approximate surface area is 134 Å². The molecule has 0 aliphatic heterocycles. The van der Waals surface area contributed by atoms with Gasteiger partial charge in [-0.05, 0) is 25.3 Å².